The van der Waals surface area contributed by atoms with Crippen molar-refractivity contribution in [3.8, 4) is 5.75 Å². The molecule has 2 saturated heterocycles. The van der Waals surface area contributed by atoms with Gasteiger partial charge in [0, 0.05) is 32.6 Å². The highest BCUT2D eigenvalue weighted by molar-refractivity contribution is 7.91. The Morgan fingerprint density at radius 3 is 2.56 bits per heavy atom. The summed E-state index contributed by atoms with van der Waals surface area (Å²) < 4.78 is 28.8. The quantitative estimate of drug-likeness (QED) is 0.791. The third kappa shape index (κ3) is 4.45. The van der Waals surface area contributed by atoms with Gasteiger partial charge in [-0.3, -0.25) is 4.79 Å². The summed E-state index contributed by atoms with van der Waals surface area (Å²) in [5, 5.41) is 0. The van der Waals surface area contributed by atoms with Crippen LogP contribution in [0.25, 0.3) is 0 Å². The number of nitrogens with zero attached hydrogens (tertiary/aromatic N) is 2. The normalized spacial score (nSPS) is 22.8. The van der Waals surface area contributed by atoms with E-state index in [0.29, 0.717) is 32.5 Å². The van der Waals surface area contributed by atoms with E-state index in [9.17, 15) is 13.2 Å². The first-order valence-corrected chi connectivity index (χ1v) is 10.8. The van der Waals surface area contributed by atoms with Gasteiger partial charge in [-0.25, -0.2) is 8.42 Å². The zero-order valence-electron chi connectivity index (χ0n) is 14.7. The van der Waals surface area contributed by atoms with Crippen molar-refractivity contribution in [1.29, 1.82) is 0 Å². The molecule has 2 aliphatic rings. The van der Waals surface area contributed by atoms with Crippen molar-refractivity contribution in [3.05, 3.63) is 24.3 Å². The van der Waals surface area contributed by atoms with E-state index in [1.165, 1.54) is 0 Å². The molecule has 0 bridgehead atoms. The summed E-state index contributed by atoms with van der Waals surface area (Å²) in [4.78, 5) is 16.6. The molecule has 1 aromatic rings. The molecule has 0 spiro atoms. The predicted octanol–water partition coefficient (Wildman–Crippen LogP) is 1.56. The van der Waals surface area contributed by atoms with Crippen molar-refractivity contribution in [2.75, 3.05) is 49.2 Å². The van der Waals surface area contributed by atoms with E-state index in [2.05, 4.69) is 4.90 Å². The van der Waals surface area contributed by atoms with Gasteiger partial charge in [0.25, 0.3) is 0 Å². The van der Waals surface area contributed by atoms with Gasteiger partial charge in [0.05, 0.1) is 23.8 Å². The van der Waals surface area contributed by atoms with Gasteiger partial charge in [-0.15, -0.1) is 0 Å². The first kappa shape index (κ1) is 18.0. The van der Waals surface area contributed by atoms with Crippen LogP contribution in [0.3, 0.4) is 0 Å². The molecule has 0 saturated carbocycles. The minimum Gasteiger partial charge on any atom is -0.492 e. The van der Waals surface area contributed by atoms with Crippen molar-refractivity contribution in [2.24, 2.45) is 5.92 Å². The summed E-state index contributed by atoms with van der Waals surface area (Å²) >= 11 is 0. The number of sulfone groups is 1. The summed E-state index contributed by atoms with van der Waals surface area (Å²) in [6.45, 7) is 5.45. The summed E-state index contributed by atoms with van der Waals surface area (Å²) in [6, 6.07) is 7.97. The van der Waals surface area contributed by atoms with E-state index in [4.69, 9.17) is 4.74 Å². The van der Waals surface area contributed by atoms with Crippen LogP contribution >= 0.6 is 0 Å². The highest BCUT2D eigenvalue weighted by Crippen LogP contribution is 2.29. The standard InChI is InChI=1S/C18H26N2O4S/c1-2-24-17-6-4-3-5-16(17)19-8-10-20(11-9-19)18(21)13-15-7-12-25(22,23)14-15/h3-6,15H,2,7-14H2,1H3/t15-/m0/s1. The van der Waals surface area contributed by atoms with Crippen LogP contribution in [-0.4, -0.2) is 63.5 Å². The highest BCUT2D eigenvalue weighted by Gasteiger charge is 2.31. The number of rotatable bonds is 5. The number of para-hydroxylation sites is 2. The maximum Gasteiger partial charge on any atom is 0.223 e. The Balaban J connectivity index is 1.54. The summed E-state index contributed by atoms with van der Waals surface area (Å²) in [7, 11) is -2.92. The SMILES string of the molecule is CCOc1ccccc1N1CCN(C(=O)C[C@@H]2CCS(=O)(=O)C2)CC1. The van der Waals surface area contributed by atoms with Crippen molar-refractivity contribution in [3.63, 3.8) is 0 Å². The van der Waals surface area contributed by atoms with Crippen LogP contribution in [0, 0.1) is 5.92 Å². The molecular weight excluding hydrogens is 340 g/mol. The van der Waals surface area contributed by atoms with E-state index in [0.717, 1.165) is 24.5 Å². The largest absolute Gasteiger partial charge is 0.492 e. The number of hydrogen-bond acceptors (Lipinski definition) is 5. The van der Waals surface area contributed by atoms with Crippen molar-refractivity contribution in [2.45, 2.75) is 19.8 Å². The Labute approximate surface area is 149 Å². The summed E-state index contributed by atoms with van der Waals surface area (Å²) in [5.74, 6) is 1.35. The lowest BCUT2D eigenvalue weighted by Crippen LogP contribution is -2.49. The number of anilines is 1. The fraction of sp³-hybridized carbons (Fsp3) is 0.611. The second-order valence-electron chi connectivity index (χ2n) is 6.74. The lowest BCUT2D eigenvalue weighted by Gasteiger charge is -2.37. The Morgan fingerprint density at radius 2 is 1.92 bits per heavy atom. The van der Waals surface area contributed by atoms with Crippen LogP contribution in [-0.2, 0) is 14.6 Å². The number of benzene rings is 1. The number of amides is 1. The maximum absolute atomic E-state index is 12.5. The molecule has 7 heteroatoms. The Bertz CT molecular complexity index is 712. The van der Waals surface area contributed by atoms with Crippen LogP contribution < -0.4 is 9.64 Å². The first-order chi connectivity index (χ1) is 12.0. The number of ether oxygens (including phenoxy) is 1. The Hall–Kier alpha value is -1.76. The molecule has 0 radical (unpaired) electrons. The van der Waals surface area contributed by atoms with E-state index < -0.39 is 9.84 Å². The van der Waals surface area contributed by atoms with Crippen LogP contribution in [0.4, 0.5) is 5.69 Å². The Kier molecular flexibility index (Phi) is 5.51. The molecule has 0 aliphatic carbocycles. The van der Waals surface area contributed by atoms with Gasteiger partial charge in [0.2, 0.25) is 5.91 Å². The molecule has 6 nitrogen and oxygen atoms in total. The molecule has 2 aliphatic heterocycles. The topological polar surface area (TPSA) is 66.9 Å². The molecule has 0 aromatic heterocycles. The molecule has 1 aromatic carbocycles. The van der Waals surface area contributed by atoms with Gasteiger partial charge in [-0.2, -0.15) is 0 Å². The van der Waals surface area contributed by atoms with Crippen LogP contribution in [0.1, 0.15) is 19.8 Å². The minimum absolute atomic E-state index is 0.00536. The van der Waals surface area contributed by atoms with Crippen molar-refractivity contribution < 1.29 is 17.9 Å². The van der Waals surface area contributed by atoms with Crippen LogP contribution in [0.15, 0.2) is 24.3 Å². The average Bonchev–Trinajstić information content (AvgIpc) is 2.94. The molecule has 0 N–H and O–H groups in total. The smallest absolute Gasteiger partial charge is 0.223 e. The molecule has 1 atom stereocenters. The van der Waals surface area contributed by atoms with Crippen LogP contribution in [0.2, 0.25) is 0 Å². The second kappa shape index (κ2) is 7.64. The molecule has 2 fully saturated rings. The van der Waals surface area contributed by atoms with Gasteiger partial charge >= 0.3 is 0 Å². The van der Waals surface area contributed by atoms with Crippen molar-refractivity contribution >= 4 is 21.4 Å². The van der Waals surface area contributed by atoms with Crippen molar-refractivity contribution in [1.82, 2.24) is 4.90 Å². The van der Waals surface area contributed by atoms with Crippen LogP contribution in [0.5, 0.6) is 5.75 Å². The molecule has 3 rings (SSSR count). The lowest BCUT2D eigenvalue weighted by molar-refractivity contribution is -0.132. The minimum atomic E-state index is -2.92. The number of carbonyl (C=O) groups excluding carboxylic acids is 1. The van der Waals surface area contributed by atoms with E-state index in [1.807, 2.05) is 36.1 Å². The van der Waals surface area contributed by atoms with E-state index in [-0.39, 0.29) is 23.3 Å². The third-order valence-corrected chi connectivity index (χ3v) is 6.77. The van der Waals surface area contributed by atoms with Gasteiger partial charge in [0.15, 0.2) is 9.84 Å². The van der Waals surface area contributed by atoms with Gasteiger partial charge in [0.1, 0.15) is 5.75 Å². The second-order valence-corrected chi connectivity index (χ2v) is 8.97. The predicted molar refractivity (Wildman–Crippen MR) is 97.8 cm³/mol. The highest BCUT2D eigenvalue weighted by atomic mass is 32.2. The molecule has 138 valence electrons. The van der Waals surface area contributed by atoms with E-state index in [1.54, 1.807) is 0 Å². The molecule has 0 unspecified atom stereocenters. The number of piperazine rings is 1. The third-order valence-electron chi connectivity index (χ3n) is 4.93. The fourth-order valence-corrected chi connectivity index (χ4v) is 5.46. The fourth-order valence-electron chi connectivity index (χ4n) is 3.60. The molecule has 25 heavy (non-hydrogen) atoms. The lowest BCUT2D eigenvalue weighted by atomic mass is 10.0. The number of hydrogen-bond donors (Lipinski definition) is 0. The Morgan fingerprint density at radius 1 is 1.20 bits per heavy atom. The monoisotopic (exact) mass is 366 g/mol. The zero-order chi connectivity index (χ0) is 17.9. The number of carbonyl (C=O) groups is 1. The summed E-state index contributed by atoms with van der Waals surface area (Å²) in [6.07, 6.45) is 0.977. The molecule has 1 amide bonds. The zero-order valence-corrected chi connectivity index (χ0v) is 15.5. The molecule has 2 heterocycles. The van der Waals surface area contributed by atoms with E-state index >= 15 is 0 Å². The van der Waals surface area contributed by atoms with Gasteiger partial charge in [-0.05, 0) is 31.4 Å². The first-order valence-electron chi connectivity index (χ1n) is 8.93. The summed E-state index contributed by atoms with van der Waals surface area (Å²) in [5.41, 5.74) is 1.07. The average molecular weight is 366 g/mol. The van der Waals surface area contributed by atoms with Gasteiger partial charge in [-0.1, -0.05) is 12.1 Å². The maximum atomic E-state index is 12.5. The molecular formula is C18H26N2O4S. The van der Waals surface area contributed by atoms with Gasteiger partial charge < -0.3 is 14.5 Å².